The molecule has 6 heteroatoms. The van der Waals surface area contributed by atoms with Crippen LogP contribution >= 0.6 is 0 Å². The van der Waals surface area contributed by atoms with E-state index in [9.17, 15) is 19.8 Å². The van der Waals surface area contributed by atoms with Gasteiger partial charge in [-0.25, -0.2) is 0 Å². The maximum absolute atomic E-state index is 12.4. The van der Waals surface area contributed by atoms with E-state index in [0.717, 1.165) is 77.0 Å². The smallest absolute Gasteiger partial charge is 0.305 e. The molecule has 0 aromatic rings. The van der Waals surface area contributed by atoms with Crippen LogP contribution in [-0.4, -0.2) is 47.4 Å². The van der Waals surface area contributed by atoms with E-state index in [2.05, 4.69) is 43.5 Å². The first kappa shape index (κ1) is 62.1. The molecule has 0 spiro atoms. The Balaban J connectivity index is 3.49. The average Bonchev–Trinajstić information content (AvgIpc) is 3.29. The molecular weight excluding hydrogens is 791 g/mol. The highest BCUT2D eigenvalue weighted by Crippen LogP contribution is 2.16. The van der Waals surface area contributed by atoms with Crippen molar-refractivity contribution in [1.82, 2.24) is 5.32 Å². The molecule has 0 aliphatic heterocycles. The number of esters is 1. The number of hydrogen-bond acceptors (Lipinski definition) is 5. The largest absolute Gasteiger partial charge is 0.466 e. The minimum absolute atomic E-state index is 0.0116. The van der Waals surface area contributed by atoms with Crippen molar-refractivity contribution in [3.05, 3.63) is 36.5 Å². The van der Waals surface area contributed by atoms with E-state index in [0.29, 0.717) is 19.4 Å². The van der Waals surface area contributed by atoms with Crippen LogP contribution in [0, 0.1) is 0 Å². The molecule has 0 rings (SSSR count). The van der Waals surface area contributed by atoms with Crippen molar-refractivity contribution >= 4 is 11.9 Å². The molecule has 0 saturated carbocycles. The number of ether oxygens (including phenoxy) is 1. The van der Waals surface area contributed by atoms with E-state index in [-0.39, 0.29) is 18.5 Å². The normalized spacial score (nSPS) is 12.9. The Kier molecular flexibility index (Phi) is 52.1. The lowest BCUT2D eigenvalue weighted by Gasteiger charge is -2.20. The molecule has 376 valence electrons. The lowest BCUT2D eigenvalue weighted by Crippen LogP contribution is -2.45. The first-order valence-electron chi connectivity index (χ1n) is 28.3. The number of allylic oxidation sites excluding steroid dienone is 5. The van der Waals surface area contributed by atoms with Crippen molar-refractivity contribution in [2.24, 2.45) is 0 Å². The standard InChI is InChI=1S/C58H109NO5/c1-3-5-7-9-11-13-15-17-23-28-32-36-40-44-48-52-58(63)64-53-49-45-41-37-33-29-25-22-20-18-19-21-24-27-31-35-39-43-47-51-57(62)59-55(54-60)56(61)50-46-42-38-34-30-26-16-14-12-10-8-6-4-2/h22,25,29,33,46,50,55-56,60-61H,3-21,23-24,26-28,30-32,34-45,47-49,51-54H2,1-2H3,(H,59,62)/b25-22-,33-29-,50-46+. The molecular formula is C58H109NO5. The molecule has 64 heavy (non-hydrogen) atoms. The minimum Gasteiger partial charge on any atom is -0.466 e. The van der Waals surface area contributed by atoms with Crippen LogP contribution < -0.4 is 5.32 Å². The Hall–Kier alpha value is -1.92. The number of aliphatic hydroxyl groups is 2. The maximum atomic E-state index is 12.4. The molecule has 0 aliphatic carbocycles. The first-order chi connectivity index (χ1) is 31.5. The summed E-state index contributed by atoms with van der Waals surface area (Å²) < 4.78 is 5.45. The summed E-state index contributed by atoms with van der Waals surface area (Å²) in [7, 11) is 0. The molecule has 0 aromatic carbocycles. The molecule has 0 aromatic heterocycles. The topological polar surface area (TPSA) is 95.9 Å². The molecule has 3 N–H and O–H groups in total. The number of hydrogen-bond donors (Lipinski definition) is 3. The molecule has 2 atom stereocenters. The fourth-order valence-corrected chi connectivity index (χ4v) is 8.57. The Bertz CT molecular complexity index is 1040. The quantitative estimate of drug-likeness (QED) is 0.0245. The van der Waals surface area contributed by atoms with Gasteiger partial charge in [0.05, 0.1) is 25.4 Å². The van der Waals surface area contributed by atoms with Gasteiger partial charge in [0.2, 0.25) is 5.91 Å². The summed E-state index contributed by atoms with van der Waals surface area (Å²) in [4.78, 5) is 24.5. The lowest BCUT2D eigenvalue weighted by molar-refractivity contribution is -0.143. The van der Waals surface area contributed by atoms with Crippen LogP contribution in [0.4, 0.5) is 0 Å². The monoisotopic (exact) mass is 900 g/mol. The second-order valence-electron chi connectivity index (χ2n) is 19.3. The van der Waals surface area contributed by atoms with Gasteiger partial charge in [-0.2, -0.15) is 0 Å². The van der Waals surface area contributed by atoms with E-state index in [1.165, 1.54) is 193 Å². The van der Waals surface area contributed by atoms with Gasteiger partial charge >= 0.3 is 5.97 Å². The van der Waals surface area contributed by atoms with Crippen LogP contribution in [0.5, 0.6) is 0 Å². The van der Waals surface area contributed by atoms with Gasteiger partial charge in [0.15, 0.2) is 0 Å². The molecule has 0 radical (unpaired) electrons. The van der Waals surface area contributed by atoms with Crippen LogP contribution in [-0.2, 0) is 14.3 Å². The van der Waals surface area contributed by atoms with Crippen molar-refractivity contribution in [3.63, 3.8) is 0 Å². The van der Waals surface area contributed by atoms with Crippen molar-refractivity contribution in [3.8, 4) is 0 Å². The SMILES string of the molecule is CCCCCCCCCCCCC/C=C/C(O)C(CO)NC(=O)CCCCCCCCCCCC/C=C\C=C/CCCCCOC(=O)CCCCCCCCCCCCCCCCC. The highest BCUT2D eigenvalue weighted by molar-refractivity contribution is 5.76. The van der Waals surface area contributed by atoms with E-state index in [1.54, 1.807) is 6.08 Å². The van der Waals surface area contributed by atoms with Gasteiger partial charge in [-0.05, 0) is 64.2 Å². The van der Waals surface area contributed by atoms with E-state index in [4.69, 9.17) is 4.74 Å². The van der Waals surface area contributed by atoms with Gasteiger partial charge in [0, 0.05) is 12.8 Å². The van der Waals surface area contributed by atoms with E-state index >= 15 is 0 Å². The minimum atomic E-state index is -0.850. The Morgan fingerprint density at radius 2 is 0.766 bits per heavy atom. The summed E-state index contributed by atoms with van der Waals surface area (Å²) in [5, 5.41) is 23.0. The van der Waals surface area contributed by atoms with Crippen molar-refractivity contribution in [1.29, 1.82) is 0 Å². The number of nitrogens with one attached hydrogen (secondary N) is 1. The van der Waals surface area contributed by atoms with Crippen LogP contribution in [0.15, 0.2) is 36.5 Å². The highest BCUT2D eigenvalue weighted by atomic mass is 16.5. The maximum Gasteiger partial charge on any atom is 0.305 e. The molecule has 0 bridgehead atoms. The second kappa shape index (κ2) is 53.7. The van der Waals surface area contributed by atoms with Gasteiger partial charge in [-0.15, -0.1) is 0 Å². The number of unbranched alkanes of at least 4 members (excludes halogenated alkanes) is 38. The van der Waals surface area contributed by atoms with E-state index < -0.39 is 12.1 Å². The summed E-state index contributed by atoms with van der Waals surface area (Å²) in [6.45, 7) is 4.86. The zero-order valence-corrected chi connectivity index (χ0v) is 42.8. The fraction of sp³-hybridized carbons (Fsp3) is 0.862. The van der Waals surface area contributed by atoms with Gasteiger partial charge in [-0.3, -0.25) is 9.59 Å². The summed E-state index contributed by atoms with van der Waals surface area (Å²) in [6, 6.07) is -0.635. The number of carbonyl (C=O) groups excluding carboxylic acids is 2. The predicted molar refractivity (Wildman–Crippen MR) is 278 cm³/mol. The summed E-state index contributed by atoms with van der Waals surface area (Å²) in [6.07, 6.45) is 65.9. The predicted octanol–water partition coefficient (Wildman–Crippen LogP) is 17.2. The molecule has 1 amide bonds. The summed E-state index contributed by atoms with van der Waals surface area (Å²) in [5.74, 6) is -0.0898. The second-order valence-corrected chi connectivity index (χ2v) is 19.3. The van der Waals surface area contributed by atoms with Crippen LogP contribution in [0.25, 0.3) is 0 Å². The summed E-state index contributed by atoms with van der Waals surface area (Å²) in [5.41, 5.74) is 0. The molecule has 0 fully saturated rings. The third kappa shape index (κ3) is 49.5. The number of aliphatic hydroxyl groups excluding tert-OH is 2. The zero-order valence-electron chi connectivity index (χ0n) is 42.8. The van der Waals surface area contributed by atoms with Gasteiger partial charge < -0.3 is 20.3 Å². The molecule has 0 heterocycles. The van der Waals surface area contributed by atoms with E-state index in [1.807, 2.05) is 6.08 Å². The van der Waals surface area contributed by atoms with Crippen molar-refractivity contribution < 1.29 is 24.5 Å². The lowest BCUT2D eigenvalue weighted by atomic mass is 10.0. The number of carbonyl (C=O) groups is 2. The summed E-state index contributed by atoms with van der Waals surface area (Å²) >= 11 is 0. The van der Waals surface area contributed by atoms with Gasteiger partial charge in [0.25, 0.3) is 0 Å². The zero-order chi connectivity index (χ0) is 46.5. The van der Waals surface area contributed by atoms with Crippen molar-refractivity contribution in [2.75, 3.05) is 13.2 Å². The van der Waals surface area contributed by atoms with Gasteiger partial charge in [0.1, 0.15) is 0 Å². The van der Waals surface area contributed by atoms with Crippen LogP contribution in [0.2, 0.25) is 0 Å². The highest BCUT2D eigenvalue weighted by Gasteiger charge is 2.18. The Morgan fingerprint density at radius 1 is 0.438 bits per heavy atom. The first-order valence-corrected chi connectivity index (χ1v) is 28.3. The third-order valence-electron chi connectivity index (χ3n) is 12.9. The van der Waals surface area contributed by atoms with Crippen LogP contribution in [0.3, 0.4) is 0 Å². The third-order valence-corrected chi connectivity index (χ3v) is 12.9. The number of rotatable bonds is 52. The van der Waals surface area contributed by atoms with Crippen molar-refractivity contribution in [2.45, 2.75) is 309 Å². The van der Waals surface area contributed by atoms with Crippen LogP contribution in [0.1, 0.15) is 296 Å². The Labute approximate surface area is 398 Å². The number of amides is 1. The molecule has 0 saturated heterocycles. The molecule has 2 unspecified atom stereocenters. The Morgan fingerprint density at radius 3 is 1.16 bits per heavy atom. The molecule has 0 aliphatic rings. The molecule has 6 nitrogen and oxygen atoms in total. The van der Waals surface area contributed by atoms with Gasteiger partial charge in [-0.1, -0.05) is 256 Å². The average molecular weight is 901 g/mol. The fourth-order valence-electron chi connectivity index (χ4n) is 8.57.